The van der Waals surface area contributed by atoms with Gasteiger partial charge in [-0.25, -0.2) is 4.79 Å². The van der Waals surface area contributed by atoms with Crippen molar-refractivity contribution in [3.8, 4) is 0 Å². The van der Waals surface area contributed by atoms with E-state index in [9.17, 15) is 9.59 Å². The van der Waals surface area contributed by atoms with Gasteiger partial charge in [-0.2, -0.15) is 0 Å². The lowest BCUT2D eigenvalue weighted by Crippen LogP contribution is -2.39. The summed E-state index contributed by atoms with van der Waals surface area (Å²) in [6, 6.07) is 12.8. The number of carbonyl (C=O) groups is 2. The maximum absolute atomic E-state index is 11.6. The van der Waals surface area contributed by atoms with Gasteiger partial charge in [0.05, 0.1) is 18.6 Å². The lowest BCUT2D eigenvalue weighted by Gasteiger charge is -2.05. The molecule has 3 amide bonds. The highest BCUT2D eigenvalue weighted by molar-refractivity contribution is 7.99. The Morgan fingerprint density at radius 3 is 2.62 bits per heavy atom. The molecule has 21 heavy (non-hydrogen) atoms. The topological polar surface area (TPSA) is 71.3 Å². The van der Waals surface area contributed by atoms with Crippen molar-refractivity contribution in [1.82, 2.24) is 10.6 Å². The molecular formula is C15H16N2O3S. The van der Waals surface area contributed by atoms with E-state index in [2.05, 4.69) is 10.6 Å². The van der Waals surface area contributed by atoms with Gasteiger partial charge in [0, 0.05) is 5.75 Å². The zero-order chi connectivity index (χ0) is 14.9. The summed E-state index contributed by atoms with van der Waals surface area (Å²) in [5.41, 5.74) is 1.15. The Labute approximate surface area is 127 Å². The normalized spacial score (nSPS) is 10.1. The Balaban J connectivity index is 1.61. The molecule has 0 atom stereocenters. The van der Waals surface area contributed by atoms with Crippen LogP contribution in [-0.2, 0) is 17.1 Å². The average Bonchev–Trinajstić information content (AvgIpc) is 2.99. The van der Waals surface area contributed by atoms with Crippen LogP contribution in [0.2, 0.25) is 0 Å². The van der Waals surface area contributed by atoms with Crippen LogP contribution in [0.15, 0.2) is 53.1 Å². The van der Waals surface area contributed by atoms with Crippen LogP contribution in [0.5, 0.6) is 0 Å². The van der Waals surface area contributed by atoms with Crippen molar-refractivity contribution in [2.75, 3.05) is 5.75 Å². The molecule has 110 valence electrons. The molecule has 0 bridgehead atoms. The molecule has 5 nitrogen and oxygen atoms in total. The molecule has 0 unspecified atom stereocenters. The van der Waals surface area contributed by atoms with Crippen LogP contribution >= 0.6 is 11.8 Å². The standard InChI is InChI=1S/C15H16N2O3S/c18-14(11-21-10-12-5-2-1-3-6-12)17-15(19)16-9-13-7-4-8-20-13/h1-8H,9-11H2,(H2,16,17,18,19). The van der Waals surface area contributed by atoms with Crippen molar-refractivity contribution in [3.63, 3.8) is 0 Å². The van der Waals surface area contributed by atoms with Gasteiger partial charge in [0.15, 0.2) is 0 Å². The quantitative estimate of drug-likeness (QED) is 0.860. The van der Waals surface area contributed by atoms with Crippen LogP contribution < -0.4 is 10.6 Å². The number of nitrogens with one attached hydrogen (secondary N) is 2. The zero-order valence-electron chi connectivity index (χ0n) is 11.4. The van der Waals surface area contributed by atoms with Gasteiger partial charge in [0.2, 0.25) is 5.91 Å². The molecule has 6 heteroatoms. The second-order valence-electron chi connectivity index (χ2n) is 4.29. The van der Waals surface area contributed by atoms with E-state index in [4.69, 9.17) is 4.42 Å². The van der Waals surface area contributed by atoms with Crippen molar-refractivity contribution in [2.24, 2.45) is 0 Å². The molecule has 2 N–H and O–H groups in total. The van der Waals surface area contributed by atoms with Crippen LogP contribution in [0.25, 0.3) is 0 Å². The van der Waals surface area contributed by atoms with Gasteiger partial charge < -0.3 is 9.73 Å². The monoisotopic (exact) mass is 304 g/mol. The number of rotatable bonds is 6. The Morgan fingerprint density at radius 2 is 1.90 bits per heavy atom. The van der Waals surface area contributed by atoms with Crippen molar-refractivity contribution >= 4 is 23.7 Å². The van der Waals surface area contributed by atoms with Crippen LogP contribution in [0, 0.1) is 0 Å². The molecule has 0 aliphatic heterocycles. The highest BCUT2D eigenvalue weighted by atomic mass is 32.2. The van der Waals surface area contributed by atoms with Gasteiger partial charge in [-0.3, -0.25) is 10.1 Å². The first-order valence-corrected chi connectivity index (χ1v) is 7.61. The SMILES string of the molecule is O=C(CSCc1ccccc1)NC(=O)NCc1ccco1. The number of carbonyl (C=O) groups excluding carboxylic acids is 2. The summed E-state index contributed by atoms with van der Waals surface area (Å²) in [6.45, 7) is 0.253. The van der Waals surface area contributed by atoms with Gasteiger partial charge in [-0.05, 0) is 17.7 Å². The second-order valence-corrected chi connectivity index (χ2v) is 5.27. The number of amides is 3. The summed E-state index contributed by atoms with van der Waals surface area (Å²) < 4.78 is 5.07. The van der Waals surface area contributed by atoms with Crippen LogP contribution in [0.1, 0.15) is 11.3 Å². The minimum atomic E-state index is -0.517. The van der Waals surface area contributed by atoms with E-state index in [1.807, 2.05) is 30.3 Å². The maximum Gasteiger partial charge on any atom is 0.321 e. The molecule has 0 saturated heterocycles. The van der Waals surface area contributed by atoms with Crippen molar-refractivity contribution in [1.29, 1.82) is 0 Å². The van der Waals surface area contributed by atoms with Gasteiger partial charge in [-0.15, -0.1) is 11.8 Å². The van der Waals surface area contributed by atoms with Gasteiger partial charge in [-0.1, -0.05) is 30.3 Å². The molecule has 0 radical (unpaired) electrons. The molecule has 0 spiro atoms. The Bertz CT molecular complexity index is 570. The number of imide groups is 1. The summed E-state index contributed by atoms with van der Waals surface area (Å²) in [4.78, 5) is 23.1. The fourth-order valence-corrected chi connectivity index (χ4v) is 2.41. The molecule has 0 aliphatic carbocycles. The van der Waals surface area contributed by atoms with Crippen molar-refractivity contribution in [3.05, 3.63) is 60.1 Å². The van der Waals surface area contributed by atoms with Gasteiger partial charge in [0.1, 0.15) is 5.76 Å². The van der Waals surface area contributed by atoms with E-state index in [0.717, 1.165) is 11.3 Å². The minimum absolute atomic E-state index is 0.239. The molecule has 1 aromatic heterocycles. The molecular weight excluding hydrogens is 288 g/mol. The number of hydrogen-bond donors (Lipinski definition) is 2. The first-order chi connectivity index (χ1) is 10.2. The lowest BCUT2D eigenvalue weighted by molar-refractivity contribution is -0.117. The Morgan fingerprint density at radius 1 is 1.10 bits per heavy atom. The maximum atomic E-state index is 11.6. The van der Waals surface area contributed by atoms with E-state index >= 15 is 0 Å². The van der Waals surface area contributed by atoms with E-state index in [-0.39, 0.29) is 18.2 Å². The number of benzene rings is 1. The molecule has 2 rings (SSSR count). The molecule has 1 heterocycles. The minimum Gasteiger partial charge on any atom is -0.467 e. The van der Waals surface area contributed by atoms with E-state index in [1.165, 1.54) is 18.0 Å². The molecule has 0 saturated carbocycles. The van der Waals surface area contributed by atoms with Crippen LogP contribution in [0.4, 0.5) is 4.79 Å². The summed E-state index contributed by atoms with van der Waals surface area (Å²) in [5.74, 6) is 1.30. The van der Waals surface area contributed by atoms with Crippen molar-refractivity contribution in [2.45, 2.75) is 12.3 Å². The summed E-state index contributed by atoms with van der Waals surface area (Å²) >= 11 is 1.46. The average molecular weight is 304 g/mol. The molecule has 0 fully saturated rings. The highest BCUT2D eigenvalue weighted by Crippen LogP contribution is 2.10. The fourth-order valence-electron chi connectivity index (χ4n) is 1.62. The summed E-state index contributed by atoms with van der Waals surface area (Å²) in [5, 5.41) is 4.83. The third-order valence-electron chi connectivity index (χ3n) is 2.60. The summed E-state index contributed by atoms with van der Waals surface area (Å²) in [6.07, 6.45) is 1.53. The van der Waals surface area contributed by atoms with Crippen LogP contribution in [-0.4, -0.2) is 17.7 Å². The summed E-state index contributed by atoms with van der Waals surface area (Å²) in [7, 11) is 0. The Hall–Kier alpha value is -2.21. The highest BCUT2D eigenvalue weighted by Gasteiger charge is 2.08. The van der Waals surface area contributed by atoms with Gasteiger partial charge in [0.25, 0.3) is 0 Å². The number of thioether (sulfide) groups is 1. The third kappa shape index (κ3) is 5.74. The van der Waals surface area contributed by atoms with E-state index < -0.39 is 6.03 Å². The van der Waals surface area contributed by atoms with E-state index in [0.29, 0.717) is 5.76 Å². The molecule has 2 aromatic rings. The molecule has 0 aliphatic rings. The fraction of sp³-hybridized carbons (Fsp3) is 0.200. The van der Waals surface area contributed by atoms with Crippen LogP contribution in [0.3, 0.4) is 0 Å². The predicted molar refractivity (Wildman–Crippen MR) is 81.7 cm³/mol. The predicted octanol–water partition coefficient (Wildman–Crippen LogP) is 2.54. The lowest BCUT2D eigenvalue weighted by atomic mass is 10.2. The first kappa shape index (κ1) is 15.2. The number of furan rings is 1. The van der Waals surface area contributed by atoms with E-state index in [1.54, 1.807) is 12.1 Å². The number of hydrogen-bond acceptors (Lipinski definition) is 4. The third-order valence-corrected chi connectivity index (χ3v) is 3.60. The Kier molecular flexibility index (Phi) is 5.90. The number of urea groups is 1. The zero-order valence-corrected chi connectivity index (χ0v) is 12.2. The largest absolute Gasteiger partial charge is 0.467 e. The smallest absolute Gasteiger partial charge is 0.321 e. The second kappa shape index (κ2) is 8.16. The molecule has 1 aromatic carbocycles. The van der Waals surface area contributed by atoms with Crippen molar-refractivity contribution < 1.29 is 14.0 Å². The first-order valence-electron chi connectivity index (χ1n) is 6.46. The van der Waals surface area contributed by atoms with Gasteiger partial charge >= 0.3 is 6.03 Å².